The lowest BCUT2D eigenvalue weighted by molar-refractivity contribution is -0.291. The zero-order valence-electron chi connectivity index (χ0n) is 7.62. The molecule has 1 N–H and O–H groups in total. The fourth-order valence-electron chi connectivity index (χ4n) is 1.73. The van der Waals surface area contributed by atoms with E-state index in [1.165, 1.54) is 0 Å². The van der Waals surface area contributed by atoms with Gasteiger partial charge >= 0.3 is 12.1 Å². The maximum atomic E-state index is 13.1. The van der Waals surface area contributed by atoms with Crippen molar-refractivity contribution < 1.29 is 31.4 Å². The summed E-state index contributed by atoms with van der Waals surface area (Å²) in [5.41, 5.74) is -2.86. The second kappa shape index (κ2) is 3.54. The van der Waals surface area contributed by atoms with Gasteiger partial charge < -0.3 is 5.11 Å². The molecule has 1 saturated carbocycles. The van der Waals surface area contributed by atoms with Crippen LogP contribution in [0.5, 0.6) is 0 Å². The minimum atomic E-state index is -5.65. The van der Waals surface area contributed by atoms with Gasteiger partial charge in [-0.25, -0.2) is 4.39 Å². The zero-order valence-corrected chi connectivity index (χ0v) is 7.62. The average molecular weight is 236 g/mol. The quantitative estimate of drug-likeness (QED) is 0.731. The SMILES string of the molecule is OC1(C(F)(F)C(F)C(F)(F)F)CCCC1. The lowest BCUT2D eigenvalue weighted by Gasteiger charge is -2.34. The second-order valence-corrected chi connectivity index (χ2v) is 3.77. The third-order valence-electron chi connectivity index (χ3n) is 2.66. The molecule has 0 saturated heterocycles. The largest absolute Gasteiger partial charge is 0.425 e. The number of hydrogen-bond acceptors (Lipinski definition) is 1. The van der Waals surface area contributed by atoms with Crippen LogP contribution >= 0.6 is 0 Å². The van der Waals surface area contributed by atoms with Crippen LogP contribution in [0.15, 0.2) is 0 Å². The topological polar surface area (TPSA) is 20.2 Å². The highest BCUT2D eigenvalue weighted by atomic mass is 19.4. The van der Waals surface area contributed by atoms with Crippen LogP contribution in [0.2, 0.25) is 0 Å². The zero-order chi connectivity index (χ0) is 11.9. The Bertz CT molecular complexity index is 230. The summed E-state index contributed by atoms with van der Waals surface area (Å²) < 4.78 is 74.1. The molecule has 0 spiro atoms. The number of alkyl halides is 6. The van der Waals surface area contributed by atoms with Crippen LogP contribution in [0.25, 0.3) is 0 Å². The normalized spacial score (nSPS) is 24.2. The van der Waals surface area contributed by atoms with E-state index in [4.69, 9.17) is 0 Å². The Morgan fingerprint density at radius 2 is 1.40 bits per heavy atom. The Labute approximate surface area is 82.1 Å². The van der Waals surface area contributed by atoms with Crippen LogP contribution in [-0.4, -0.2) is 29.0 Å². The van der Waals surface area contributed by atoms with E-state index < -0.39 is 36.7 Å². The van der Waals surface area contributed by atoms with E-state index in [2.05, 4.69) is 0 Å². The summed E-state index contributed by atoms with van der Waals surface area (Å²) in [5, 5.41) is 9.26. The van der Waals surface area contributed by atoms with Gasteiger partial charge in [-0.15, -0.1) is 0 Å². The molecule has 0 heterocycles. The van der Waals surface area contributed by atoms with Gasteiger partial charge in [-0.3, -0.25) is 0 Å². The van der Waals surface area contributed by atoms with Crippen molar-refractivity contribution in [2.24, 2.45) is 0 Å². The van der Waals surface area contributed by atoms with Crippen LogP contribution in [0.3, 0.4) is 0 Å². The Morgan fingerprint density at radius 1 is 1.00 bits per heavy atom. The lowest BCUT2D eigenvalue weighted by atomic mass is 9.90. The highest BCUT2D eigenvalue weighted by molar-refractivity contribution is 5.02. The van der Waals surface area contributed by atoms with Crippen molar-refractivity contribution in [1.29, 1.82) is 0 Å². The van der Waals surface area contributed by atoms with Crippen LogP contribution in [-0.2, 0) is 0 Å². The summed E-state index contributed by atoms with van der Waals surface area (Å²) in [6.45, 7) is 0. The van der Waals surface area contributed by atoms with Gasteiger partial charge in [0, 0.05) is 0 Å². The minimum absolute atomic E-state index is 0.177. The summed E-state index contributed by atoms with van der Waals surface area (Å²) >= 11 is 0. The molecule has 0 amide bonds. The highest BCUT2D eigenvalue weighted by Crippen LogP contribution is 2.48. The standard InChI is InChI=1S/C8H10F6O/c9-5(8(12,13)14)7(10,11)6(15)3-1-2-4-6/h5,15H,1-4H2. The molecule has 7 heteroatoms. The third kappa shape index (κ3) is 2.07. The molecular weight excluding hydrogens is 226 g/mol. The fraction of sp³-hybridized carbons (Fsp3) is 1.00. The molecule has 1 unspecified atom stereocenters. The number of aliphatic hydroxyl groups is 1. The van der Waals surface area contributed by atoms with Gasteiger partial charge in [0.25, 0.3) is 6.17 Å². The van der Waals surface area contributed by atoms with Crippen molar-refractivity contribution in [3.63, 3.8) is 0 Å². The van der Waals surface area contributed by atoms with Gasteiger partial charge in [0.2, 0.25) is 0 Å². The molecule has 1 nitrogen and oxygen atoms in total. The van der Waals surface area contributed by atoms with E-state index in [9.17, 15) is 31.4 Å². The number of hydrogen-bond donors (Lipinski definition) is 1. The van der Waals surface area contributed by atoms with E-state index >= 15 is 0 Å². The van der Waals surface area contributed by atoms with Crippen molar-refractivity contribution >= 4 is 0 Å². The van der Waals surface area contributed by atoms with Crippen molar-refractivity contribution in [2.75, 3.05) is 0 Å². The molecule has 0 aromatic rings. The Morgan fingerprint density at radius 3 is 1.73 bits per heavy atom. The first kappa shape index (κ1) is 12.6. The first-order valence-corrected chi connectivity index (χ1v) is 4.42. The molecule has 1 atom stereocenters. The number of rotatable bonds is 2. The molecule has 1 aliphatic rings. The molecule has 1 fully saturated rings. The third-order valence-corrected chi connectivity index (χ3v) is 2.66. The summed E-state index contributed by atoms with van der Waals surface area (Å²) in [7, 11) is 0. The van der Waals surface area contributed by atoms with E-state index in [1.54, 1.807) is 0 Å². The van der Waals surface area contributed by atoms with Crippen molar-refractivity contribution in [2.45, 2.75) is 49.6 Å². The van der Waals surface area contributed by atoms with Crippen molar-refractivity contribution in [3.05, 3.63) is 0 Å². The molecule has 15 heavy (non-hydrogen) atoms. The Hall–Kier alpha value is -0.460. The molecule has 0 aromatic heterocycles. The number of halogens is 6. The van der Waals surface area contributed by atoms with Crippen LogP contribution in [0.1, 0.15) is 25.7 Å². The van der Waals surface area contributed by atoms with Crippen LogP contribution in [0.4, 0.5) is 26.3 Å². The maximum Gasteiger partial charge on any atom is 0.425 e. The van der Waals surface area contributed by atoms with Gasteiger partial charge in [-0.05, 0) is 12.8 Å². The maximum absolute atomic E-state index is 13.1. The Kier molecular flexibility index (Phi) is 2.97. The first-order chi connectivity index (χ1) is 6.61. The molecule has 1 aliphatic carbocycles. The second-order valence-electron chi connectivity index (χ2n) is 3.77. The van der Waals surface area contributed by atoms with E-state index in [0.717, 1.165) is 0 Å². The van der Waals surface area contributed by atoms with E-state index in [1.807, 2.05) is 0 Å². The minimum Gasteiger partial charge on any atom is -0.383 e. The van der Waals surface area contributed by atoms with Crippen LogP contribution in [0, 0.1) is 0 Å². The average Bonchev–Trinajstić information content (AvgIpc) is 2.50. The monoisotopic (exact) mass is 236 g/mol. The molecule has 0 radical (unpaired) electrons. The van der Waals surface area contributed by atoms with Gasteiger partial charge in [-0.2, -0.15) is 22.0 Å². The summed E-state index contributed by atoms with van der Waals surface area (Å²) in [6.07, 6.45) is -10.6. The predicted octanol–water partition coefficient (Wildman–Crippen LogP) is 2.83. The predicted molar refractivity (Wildman–Crippen MR) is 39.3 cm³/mol. The molecule has 90 valence electrons. The lowest BCUT2D eigenvalue weighted by Crippen LogP contribution is -2.56. The van der Waals surface area contributed by atoms with Gasteiger partial charge in [0.05, 0.1) is 0 Å². The Balaban J connectivity index is 2.90. The van der Waals surface area contributed by atoms with Gasteiger partial charge in [0.15, 0.2) is 0 Å². The molecular formula is C8H10F6O. The highest BCUT2D eigenvalue weighted by Gasteiger charge is 2.67. The summed E-state index contributed by atoms with van der Waals surface area (Å²) in [5.74, 6) is -4.78. The van der Waals surface area contributed by atoms with Gasteiger partial charge in [-0.1, -0.05) is 12.8 Å². The van der Waals surface area contributed by atoms with E-state index in [0.29, 0.717) is 0 Å². The molecule has 0 aromatic carbocycles. The molecule has 0 bridgehead atoms. The van der Waals surface area contributed by atoms with E-state index in [-0.39, 0.29) is 12.8 Å². The summed E-state index contributed by atoms with van der Waals surface area (Å²) in [4.78, 5) is 0. The first-order valence-electron chi connectivity index (χ1n) is 4.42. The van der Waals surface area contributed by atoms with Gasteiger partial charge in [0.1, 0.15) is 5.60 Å². The van der Waals surface area contributed by atoms with Crippen molar-refractivity contribution in [3.8, 4) is 0 Å². The summed E-state index contributed by atoms with van der Waals surface area (Å²) in [6, 6.07) is 0. The molecule has 1 rings (SSSR count). The fourth-order valence-corrected chi connectivity index (χ4v) is 1.73. The molecule has 0 aliphatic heterocycles. The van der Waals surface area contributed by atoms with Crippen molar-refractivity contribution in [1.82, 2.24) is 0 Å². The van der Waals surface area contributed by atoms with Crippen LogP contribution < -0.4 is 0 Å². The smallest absolute Gasteiger partial charge is 0.383 e.